The van der Waals surface area contributed by atoms with Crippen LogP contribution >= 0.6 is 0 Å². The predicted molar refractivity (Wildman–Crippen MR) is 109 cm³/mol. The van der Waals surface area contributed by atoms with E-state index in [4.69, 9.17) is 9.47 Å². The van der Waals surface area contributed by atoms with Crippen molar-refractivity contribution in [1.82, 2.24) is 14.9 Å². The molecule has 1 aromatic carbocycles. The molecule has 0 atom stereocenters. The van der Waals surface area contributed by atoms with Gasteiger partial charge in [-0.25, -0.2) is 14.8 Å². The highest BCUT2D eigenvalue weighted by Gasteiger charge is 2.24. The van der Waals surface area contributed by atoms with Crippen LogP contribution in [0, 0.1) is 6.92 Å². The molecule has 0 saturated carbocycles. The Kier molecular flexibility index (Phi) is 6.48. The van der Waals surface area contributed by atoms with Crippen molar-refractivity contribution in [3.63, 3.8) is 0 Å². The third-order valence-corrected chi connectivity index (χ3v) is 4.54. The average molecular weight is 399 g/mol. The van der Waals surface area contributed by atoms with Crippen LogP contribution in [0.25, 0.3) is 0 Å². The van der Waals surface area contributed by atoms with Crippen LogP contribution in [-0.4, -0.2) is 66.8 Å². The number of aromatic nitrogens is 2. The Morgan fingerprint density at radius 2 is 1.86 bits per heavy atom. The van der Waals surface area contributed by atoms with Crippen LogP contribution in [0.1, 0.15) is 23.2 Å². The van der Waals surface area contributed by atoms with Crippen LogP contribution in [0.3, 0.4) is 0 Å². The fourth-order valence-electron chi connectivity index (χ4n) is 3.10. The van der Waals surface area contributed by atoms with Gasteiger partial charge in [0.1, 0.15) is 23.1 Å². The highest BCUT2D eigenvalue weighted by molar-refractivity contribution is 6.04. The summed E-state index contributed by atoms with van der Waals surface area (Å²) in [7, 11) is 1.55. The molecule has 0 unspecified atom stereocenters. The fraction of sp³-hybridized carbons (Fsp3) is 0.400. The molecule has 3 rings (SSSR count). The van der Waals surface area contributed by atoms with Crippen molar-refractivity contribution in [3.05, 3.63) is 41.9 Å². The maximum Gasteiger partial charge on any atom is 0.409 e. The molecule has 2 amide bonds. The first-order valence-corrected chi connectivity index (χ1v) is 9.48. The summed E-state index contributed by atoms with van der Waals surface area (Å²) in [6.45, 7) is 6.16. The average Bonchev–Trinajstić information content (AvgIpc) is 2.74. The molecule has 2 heterocycles. The van der Waals surface area contributed by atoms with E-state index < -0.39 is 0 Å². The SMILES string of the molecule is CCOC(=O)N1CCN(c2cc(C(=O)Nc3ccccc3OC)nc(C)n2)CC1. The summed E-state index contributed by atoms with van der Waals surface area (Å²) in [5.74, 6) is 1.39. The van der Waals surface area contributed by atoms with Gasteiger partial charge in [-0.2, -0.15) is 0 Å². The summed E-state index contributed by atoms with van der Waals surface area (Å²) in [6.07, 6.45) is -0.303. The zero-order valence-electron chi connectivity index (χ0n) is 16.8. The Labute approximate surface area is 169 Å². The largest absolute Gasteiger partial charge is 0.495 e. The molecule has 1 fully saturated rings. The van der Waals surface area contributed by atoms with Crippen molar-refractivity contribution in [2.75, 3.05) is 50.1 Å². The van der Waals surface area contributed by atoms with Crippen LogP contribution in [0.4, 0.5) is 16.3 Å². The minimum Gasteiger partial charge on any atom is -0.495 e. The predicted octanol–water partition coefficient (Wildman–Crippen LogP) is 2.32. The number of nitrogens with one attached hydrogen (secondary N) is 1. The lowest BCUT2D eigenvalue weighted by Gasteiger charge is -2.34. The number of aryl methyl sites for hydroxylation is 1. The van der Waals surface area contributed by atoms with E-state index in [1.54, 1.807) is 44.1 Å². The molecule has 0 spiro atoms. The monoisotopic (exact) mass is 399 g/mol. The summed E-state index contributed by atoms with van der Waals surface area (Å²) < 4.78 is 10.3. The van der Waals surface area contributed by atoms with Gasteiger partial charge in [-0.1, -0.05) is 12.1 Å². The summed E-state index contributed by atoms with van der Waals surface area (Å²) in [5.41, 5.74) is 0.840. The number of piperazine rings is 1. The molecule has 1 aromatic heterocycles. The topological polar surface area (TPSA) is 96.9 Å². The number of ether oxygens (including phenoxy) is 2. The highest BCUT2D eigenvalue weighted by Crippen LogP contribution is 2.24. The van der Waals surface area contributed by atoms with Crippen molar-refractivity contribution in [2.24, 2.45) is 0 Å². The second-order valence-corrected chi connectivity index (χ2v) is 6.49. The van der Waals surface area contributed by atoms with Gasteiger partial charge in [0.15, 0.2) is 0 Å². The van der Waals surface area contributed by atoms with Gasteiger partial charge >= 0.3 is 6.09 Å². The molecule has 29 heavy (non-hydrogen) atoms. The normalized spacial score (nSPS) is 13.8. The van der Waals surface area contributed by atoms with Gasteiger partial charge in [0.25, 0.3) is 5.91 Å². The number of rotatable bonds is 5. The molecule has 2 aromatic rings. The quantitative estimate of drug-likeness (QED) is 0.824. The zero-order chi connectivity index (χ0) is 20.8. The molecule has 1 aliphatic heterocycles. The Morgan fingerprint density at radius 1 is 1.14 bits per heavy atom. The summed E-state index contributed by atoms with van der Waals surface area (Å²) in [5, 5.41) is 2.83. The minimum absolute atomic E-state index is 0.270. The summed E-state index contributed by atoms with van der Waals surface area (Å²) >= 11 is 0. The lowest BCUT2D eigenvalue weighted by Crippen LogP contribution is -2.49. The van der Waals surface area contributed by atoms with Crippen molar-refractivity contribution < 1.29 is 19.1 Å². The molecule has 1 aliphatic rings. The smallest absolute Gasteiger partial charge is 0.409 e. The standard InChI is InChI=1S/C20H25N5O4/c1-4-29-20(27)25-11-9-24(10-12-25)18-13-16(21-14(2)22-18)19(26)23-15-7-5-6-8-17(15)28-3/h5-8,13H,4,9-12H2,1-3H3,(H,23,26). The van der Waals surface area contributed by atoms with Gasteiger partial charge in [-0.3, -0.25) is 4.79 Å². The Morgan fingerprint density at radius 3 is 2.55 bits per heavy atom. The van der Waals surface area contributed by atoms with E-state index in [1.807, 2.05) is 17.0 Å². The zero-order valence-corrected chi connectivity index (χ0v) is 16.8. The minimum atomic E-state index is -0.341. The van der Waals surface area contributed by atoms with E-state index in [2.05, 4.69) is 15.3 Å². The molecular weight excluding hydrogens is 374 g/mol. The number of carbonyl (C=O) groups excluding carboxylic acids is 2. The van der Waals surface area contributed by atoms with Crippen molar-refractivity contribution >= 4 is 23.5 Å². The number of carbonyl (C=O) groups is 2. The van der Waals surface area contributed by atoms with E-state index in [9.17, 15) is 9.59 Å². The first kappa shape index (κ1) is 20.4. The number of methoxy groups -OCH3 is 1. The van der Waals surface area contributed by atoms with Gasteiger partial charge in [0, 0.05) is 32.2 Å². The molecule has 9 heteroatoms. The van der Waals surface area contributed by atoms with Crippen LogP contribution in [-0.2, 0) is 4.74 Å². The van der Waals surface area contributed by atoms with Crippen molar-refractivity contribution in [3.8, 4) is 5.75 Å². The summed E-state index contributed by atoms with van der Waals surface area (Å²) in [4.78, 5) is 37.0. The van der Waals surface area contributed by atoms with E-state index >= 15 is 0 Å². The first-order valence-electron chi connectivity index (χ1n) is 9.48. The molecule has 9 nitrogen and oxygen atoms in total. The molecule has 1 N–H and O–H groups in total. The molecular formula is C20H25N5O4. The van der Waals surface area contributed by atoms with Crippen LogP contribution < -0.4 is 15.0 Å². The molecule has 0 bridgehead atoms. The fourth-order valence-corrected chi connectivity index (χ4v) is 3.10. The van der Waals surface area contributed by atoms with Gasteiger partial charge in [-0.15, -0.1) is 0 Å². The highest BCUT2D eigenvalue weighted by atomic mass is 16.6. The third kappa shape index (κ3) is 4.92. The molecule has 1 saturated heterocycles. The van der Waals surface area contributed by atoms with Gasteiger partial charge in [0.05, 0.1) is 19.4 Å². The van der Waals surface area contributed by atoms with Crippen LogP contribution in [0.5, 0.6) is 5.75 Å². The number of benzene rings is 1. The maximum atomic E-state index is 12.7. The number of anilines is 2. The second kappa shape index (κ2) is 9.22. The lowest BCUT2D eigenvalue weighted by atomic mass is 10.2. The Hall–Kier alpha value is -3.36. The van der Waals surface area contributed by atoms with Gasteiger partial charge in [-0.05, 0) is 26.0 Å². The maximum absolute atomic E-state index is 12.7. The third-order valence-electron chi connectivity index (χ3n) is 4.54. The lowest BCUT2D eigenvalue weighted by molar-refractivity contribution is 0.102. The molecule has 0 aliphatic carbocycles. The van der Waals surface area contributed by atoms with E-state index in [-0.39, 0.29) is 17.7 Å². The molecule has 0 radical (unpaired) electrons. The number of para-hydroxylation sites is 2. The second-order valence-electron chi connectivity index (χ2n) is 6.49. The van der Waals surface area contributed by atoms with Crippen LogP contribution in [0.2, 0.25) is 0 Å². The number of hydrogen-bond donors (Lipinski definition) is 1. The number of hydrogen-bond acceptors (Lipinski definition) is 7. The van der Waals surface area contributed by atoms with Crippen molar-refractivity contribution in [2.45, 2.75) is 13.8 Å². The van der Waals surface area contributed by atoms with E-state index in [0.717, 1.165) is 0 Å². The number of amides is 2. The number of nitrogens with zero attached hydrogens (tertiary/aromatic N) is 4. The van der Waals surface area contributed by atoms with E-state index in [1.165, 1.54) is 0 Å². The van der Waals surface area contributed by atoms with Crippen LogP contribution in [0.15, 0.2) is 30.3 Å². The summed E-state index contributed by atoms with van der Waals surface area (Å²) in [6, 6.07) is 8.85. The Bertz CT molecular complexity index is 881. The molecule has 154 valence electrons. The van der Waals surface area contributed by atoms with Crippen molar-refractivity contribution in [1.29, 1.82) is 0 Å². The Balaban J connectivity index is 1.72. The van der Waals surface area contributed by atoms with E-state index in [0.29, 0.717) is 55.9 Å². The van der Waals surface area contributed by atoms with Gasteiger partial charge in [0.2, 0.25) is 0 Å². The first-order chi connectivity index (χ1) is 14.0. The van der Waals surface area contributed by atoms with Gasteiger partial charge < -0.3 is 24.6 Å².